The van der Waals surface area contributed by atoms with E-state index in [-0.39, 0.29) is 29.6 Å². The van der Waals surface area contributed by atoms with Crippen molar-refractivity contribution in [2.45, 2.75) is 39.0 Å². The van der Waals surface area contributed by atoms with Crippen LogP contribution in [0.25, 0.3) is 0 Å². The lowest BCUT2D eigenvalue weighted by atomic mass is 9.87. The molecule has 1 rings (SSSR count). The topological polar surface area (TPSA) is 70.2 Å². The molecule has 2 amide bonds. The van der Waals surface area contributed by atoms with Crippen molar-refractivity contribution in [2.75, 3.05) is 26.7 Å². The van der Waals surface area contributed by atoms with E-state index in [1.54, 1.807) is 0 Å². The van der Waals surface area contributed by atoms with Crippen molar-refractivity contribution in [3.05, 3.63) is 35.4 Å². The largest absolute Gasteiger partial charge is 0.356 e. The lowest BCUT2D eigenvalue weighted by molar-refractivity contribution is -0.120. The molecule has 24 heavy (non-hydrogen) atoms. The number of rotatable bonds is 8. The van der Waals surface area contributed by atoms with Gasteiger partial charge in [-0.25, -0.2) is 0 Å². The predicted octanol–water partition coefficient (Wildman–Crippen LogP) is 2.25. The Kier molecular flexibility index (Phi) is 10.3. The van der Waals surface area contributed by atoms with Gasteiger partial charge in [-0.05, 0) is 43.1 Å². The molecule has 0 unspecified atom stereocenters. The van der Waals surface area contributed by atoms with Crippen LogP contribution in [0.2, 0.25) is 0 Å². The Morgan fingerprint density at radius 1 is 0.958 bits per heavy atom. The van der Waals surface area contributed by atoms with E-state index >= 15 is 0 Å². The third kappa shape index (κ3) is 8.31. The standard InChI is InChI=1S/C18H29N3O2.ClH/c1-18(2,3)15-8-6-14(7-9-15)17(23)21-13-10-16(22)20-12-5-11-19-4;/h6-9,19H,5,10-13H2,1-4H3,(H,20,22)(H,21,23);1H. The summed E-state index contributed by atoms with van der Waals surface area (Å²) in [6, 6.07) is 7.61. The van der Waals surface area contributed by atoms with Crippen molar-refractivity contribution in [1.29, 1.82) is 0 Å². The molecule has 0 radical (unpaired) electrons. The molecule has 0 saturated carbocycles. The normalized spacial score (nSPS) is 10.7. The SMILES string of the molecule is CNCCCNC(=O)CCNC(=O)c1ccc(C(C)(C)C)cc1.Cl. The summed E-state index contributed by atoms with van der Waals surface area (Å²) in [6.07, 6.45) is 1.19. The average molecular weight is 356 g/mol. The molecular formula is C18H30ClN3O2. The van der Waals surface area contributed by atoms with Crippen LogP contribution in [0.3, 0.4) is 0 Å². The van der Waals surface area contributed by atoms with Gasteiger partial charge in [-0.15, -0.1) is 12.4 Å². The van der Waals surface area contributed by atoms with Crippen LogP contribution < -0.4 is 16.0 Å². The average Bonchev–Trinajstić information content (AvgIpc) is 2.51. The van der Waals surface area contributed by atoms with Crippen LogP contribution in [0, 0.1) is 0 Å². The lowest BCUT2D eigenvalue weighted by Crippen LogP contribution is -2.31. The minimum Gasteiger partial charge on any atom is -0.356 e. The molecule has 0 spiro atoms. The van der Waals surface area contributed by atoms with Gasteiger partial charge >= 0.3 is 0 Å². The summed E-state index contributed by atoms with van der Waals surface area (Å²) >= 11 is 0. The lowest BCUT2D eigenvalue weighted by Gasteiger charge is -2.19. The molecule has 0 fully saturated rings. The summed E-state index contributed by atoms with van der Waals surface area (Å²) in [5, 5.41) is 8.62. The number of hydrogen-bond donors (Lipinski definition) is 3. The van der Waals surface area contributed by atoms with Gasteiger partial charge in [-0.3, -0.25) is 9.59 Å². The molecule has 136 valence electrons. The van der Waals surface area contributed by atoms with Crippen molar-refractivity contribution in [2.24, 2.45) is 0 Å². The second-order valence-corrected chi connectivity index (χ2v) is 6.64. The first kappa shape index (κ1) is 22.4. The molecule has 0 aliphatic heterocycles. The zero-order valence-corrected chi connectivity index (χ0v) is 15.9. The predicted molar refractivity (Wildman–Crippen MR) is 101 cm³/mol. The highest BCUT2D eigenvalue weighted by Gasteiger charge is 2.14. The first-order chi connectivity index (χ1) is 10.8. The first-order valence-corrected chi connectivity index (χ1v) is 8.14. The highest BCUT2D eigenvalue weighted by atomic mass is 35.5. The first-order valence-electron chi connectivity index (χ1n) is 8.14. The van der Waals surface area contributed by atoms with Crippen LogP contribution >= 0.6 is 12.4 Å². The number of hydrogen-bond acceptors (Lipinski definition) is 3. The van der Waals surface area contributed by atoms with Gasteiger partial charge in [0.15, 0.2) is 0 Å². The van der Waals surface area contributed by atoms with Crippen molar-refractivity contribution < 1.29 is 9.59 Å². The van der Waals surface area contributed by atoms with Gasteiger partial charge in [0.1, 0.15) is 0 Å². The molecule has 1 aromatic rings. The van der Waals surface area contributed by atoms with Gasteiger partial charge in [-0.2, -0.15) is 0 Å². The number of halogens is 1. The van der Waals surface area contributed by atoms with Crippen molar-refractivity contribution in [3.63, 3.8) is 0 Å². The fourth-order valence-electron chi connectivity index (χ4n) is 2.09. The van der Waals surface area contributed by atoms with Crippen LogP contribution in [0.4, 0.5) is 0 Å². The molecule has 0 aliphatic carbocycles. The van der Waals surface area contributed by atoms with Gasteiger partial charge < -0.3 is 16.0 Å². The Morgan fingerprint density at radius 3 is 2.12 bits per heavy atom. The molecule has 0 aromatic heterocycles. The van der Waals surface area contributed by atoms with Crippen molar-refractivity contribution in [3.8, 4) is 0 Å². The third-order valence-electron chi connectivity index (χ3n) is 3.58. The molecule has 0 heterocycles. The molecule has 0 bridgehead atoms. The molecule has 1 aromatic carbocycles. The van der Waals surface area contributed by atoms with Crippen LogP contribution in [0.5, 0.6) is 0 Å². The van der Waals surface area contributed by atoms with Gasteiger partial charge in [0.2, 0.25) is 5.91 Å². The number of amides is 2. The minimum atomic E-state index is -0.145. The van der Waals surface area contributed by atoms with Crippen molar-refractivity contribution in [1.82, 2.24) is 16.0 Å². The Balaban J connectivity index is 0.00000529. The summed E-state index contributed by atoms with van der Waals surface area (Å²) in [4.78, 5) is 23.6. The van der Waals surface area contributed by atoms with E-state index in [4.69, 9.17) is 0 Å². The van der Waals surface area contributed by atoms with E-state index in [0.717, 1.165) is 13.0 Å². The van der Waals surface area contributed by atoms with Gasteiger partial charge in [0.25, 0.3) is 5.91 Å². The van der Waals surface area contributed by atoms with E-state index in [1.807, 2.05) is 31.3 Å². The third-order valence-corrected chi connectivity index (χ3v) is 3.58. The number of carbonyl (C=O) groups excluding carboxylic acids is 2. The van der Waals surface area contributed by atoms with E-state index < -0.39 is 0 Å². The van der Waals surface area contributed by atoms with E-state index in [2.05, 4.69) is 36.7 Å². The van der Waals surface area contributed by atoms with E-state index in [9.17, 15) is 9.59 Å². The van der Waals surface area contributed by atoms with Crippen LogP contribution in [0.15, 0.2) is 24.3 Å². The van der Waals surface area contributed by atoms with Crippen LogP contribution in [-0.4, -0.2) is 38.5 Å². The Labute approximate surface area is 151 Å². The molecule has 3 N–H and O–H groups in total. The zero-order chi connectivity index (χ0) is 17.3. The molecule has 0 atom stereocenters. The summed E-state index contributed by atoms with van der Waals surface area (Å²) in [6.45, 7) is 8.28. The monoisotopic (exact) mass is 355 g/mol. The highest BCUT2D eigenvalue weighted by molar-refractivity contribution is 5.94. The minimum absolute atomic E-state index is 0. The zero-order valence-electron chi connectivity index (χ0n) is 15.1. The second kappa shape index (κ2) is 11.0. The molecular weight excluding hydrogens is 326 g/mol. The molecule has 6 heteroatoms. The van der Waals surface area contributed by atoms with Crippen molar-refractivity contribution >= 4 is 24.2 Å². The quantitative estimate of drug-likeness (QED) is 0.626. The Hall–Kier alpha value is -1.59. The van der Waals surface area contributed by atoms with Crippen LogP contribution in [0.1, 0.15) is 49.5 Å². The maximum absolute atomic E-state index is 12.0. The highest BCUT2D eigenvalue weighted by Crippen LogP contribution is 2.22. The number of carbonyl (C=O) groups is 2. The summed E-state index contributed by atoms with van der Waals surface area (Å²) in [5.74, 6) is -0.182. The smallest absolute Gasteiger partial charge is 0.251 e. The maximum Gasteiger partial charge on any atom is 0.251 e. The summed E-state index contributed by atoms with van der Waals surface area (Å²) < 4.78 is 0. The fourth-order valence-corrected chi connectivity index (χ4v) is 2.09. The van der Waals surface area contributed by atoms with Gasteiger partial charge in [0.05, 0.1) is 0 Å². The summed E-state index contributed by atoms with van der Waals surface area (Å²) in [5.41, 5.74) is 1.88. The number of benzene rings is 1. The summed E-state index contributed by atoms with van der Waals surface area (Å²) in [7, 11) is 1.88. The molecule has 0 aliphatic rings. The Bertz CT molecular complexity index is 510. The maximum atomic E-state index is 12.0. The van der Waals surface area contributed by atoms with Gasteiger partial charge in [0, 0.05) is 25.1 Å². The molecule has 0 saturated heterocycles. The number of nitrogens with one attached hydrogen (secondary N) is 3. The fraction of sp³-hybridized carbons (Fsp3) is 0.556. The van der Waals surface area contributed by atoms with Gasteiger partial charge in [-0.1, -0.05) is 32.9 Å². The Morgan fingerprint density at radius 2 is 1.58 bits per heavy atom. The van der Waals surface area contributed by atoms with Crippen LogP contribution in [-0.2, 0) is 10.2 Å². The van der Waals surface area contributed by atoms with E-state index in [0.29, 0.717) is 25.1 Å². The second-order valence-electron chi connectivity index (χ2n) is 6.64. The molecule has 5 nitrogen and oxygen atoms in total. The van der Waals surface area contributed by atoms with E-state index in [1.165, 1.54) is 5.56 Å².